The van der Waals surface area contributed by atoms with E-state index >= 15 is 0 Å². The number of rotatable bonds is 3. The molecule has 2 heterocycles. The second-order valence-electron chi connectivity index (χ2n) is 6.66. The first kappa shape index (κ1) is 11.4. The van der Waals surface area contributed by atoms with Gasteiger partial charge in [0.05, 0.1) is 11.0 Å². The van der Waals surface area contributed by atoms with Crippen LogP contribution in [0.1, 0.15) is 53.2 Å². The Labute approximate surface area is 140 Å². The van der Waals surface area contributed by atoms with Gasteiger partial charge in [0.15, 0.2) is 5.65 Å². The normalized spacial score (nSPS) is 21.3. The Morgan fingerprint density at radius 1 is 1.22 bits per heavy atom. The van der Waals surface area contributed by atoms with Crippen molar-refractivity contribution in [1.29, 1.82) is 0 Å². The number of benzene rings is 1. The minimum atomic E-state index is -2.56. The molecular weight excluding hydrogens is 286 g/mol. The van der Waals surface area contributed by atoms with Gasteiger partial charge in [-0.3, -0.25) is 4.40 Å². The lowest BCUT2D eigenvalue weighted by molar-refractivity contribution is 0.0796. The van der Waals surface area contributed by atoms with Crippen LogP contribution in [0.2, 0.25) is 0 Å². The van der Waals surface area contributed by atoms with Gasteiger partial charge >= 0.3 is 0 Å². The molecule has 3 aromatic rings. The molecule has 0 radical (unpaired) electrons. The molecule has 0 saturated heterocycles. The lowest BCUT2D eigenvalue weighted by Gasteiger charge is -2.19. The number of nitrogens with zero attached hydrogens (tertiary/aromatic N) is 3. The highest BCUT2D eigenvalue weighted by molar-refractivity contribution is 5.53. The molecular formula is C19H21N3O. The van der Waals surface area contributed by atoms with Crippen molar-refractivity contribution in [2.75, 3.05) is 0 Å². The Kier molecular flexibility index (Phi) is 2.29. The molecule has 2 aromatic heterocycles. The van der Waals surface area contributed by atoms with Gasteiger partial charge < -0.3 is 5.11 Å². The van der Waals surface area contributed by atoms with Gasteiger partial charge in [-0.25, -0.2) is 0 Å². The third-order valence-electron chi connectivity index (χ3n) is 4.74. The zero-order valence-corrected chi connectivity index (χ0v) is 13.2. The summed E-state index contributed by atoms with van der Waals surface area (Å²) in [6.07, 6.45) is 3.77. The van der Waals surface area contributed by atoms with Gasteiger partial charge in [-0.05, 0) is 45.2 Å². The van der Waals surface area contributed by atoms with Crippen LogP contribution < -0.4 is 0 Å². The summed E-state index contributed by atoms with van der Waals surface area (Å²) in [6, 6.07) is 11.7. The molecule has 1 fully saturated rings. The maximum absolute atomic E-state index is 10.7. The van der Waals surface area contributed by atoms with Crippen molar-refractivity contribution in [3.05, 3.63) is 65.1 Å². The Morgan fingerprint density at radius 2 is 1.96 bits per heavy atom. The van der Waals surface area contributed by atoms with Crippen LogP contribution in [0.3, 0.4) is 0 Å². The molecule has 4 heteroatoms. The van der Waals surface area contributed by atoms with Crippen molar-refractivity contribution >= 4 is 5.65 Å². The van der Waals surface area contributed by atoms with Crippen LogP contribution in [0.25, 0.3) is 5.65 Å². The van der Waals surface area contributed by atoms with Gasteiger partial charge in [0.1, 0.15) is 5.82 Å². The molecule has 4 nitrogen and oxygen atoms in total. The van der Waals surface area contributed by atoms with Crippen molar-refractivity contribution in [3.63, 3.8) is 0 Å². The van der Waals surface area contributed by atoms with Gasteiger partial charge in [0.2, 0.25) is 0 Å². The molecule has 0 spiro atoms. The van der Waals surface area contributed by atoms with E-state index in [4.69, 9.17) is 4.11 Å². The second-order valence-corrected chi connectivity index (χ2v) is 6.66. The van der Waals surface area contributed by atoms with Crippen molar-refractivity contribution in [1.82, 2.24) is 14.6 Å². The molecule has 0 aliphatic heterocycles. The Morgan fingerprint density at radius 3 is 2.61 bits per heavy atom. The van der Waals surface area contributed by atoms with E-state index in [2.05, 4.69) is 41.4 Å². The van der Waals surface area contributed by atoms with Crippen molar-refractivity contribution < 1.29 is 9.22 Å². The van der Waals surface area contributed by atoms with Crippen molar-refractivity contribution in [3.8, 4) is 0 Å². The highest BCUT2D eigenvalue weighted by atomic mass is 16.3. The fourth-order valence-electron chi connectivity index (χ4n) is 3.26. The summed E-state index contributed by atoms with van der Waals surface area (Å²) in [5.74, 6) is 0.791. The first-order valence-electron chi connectivity index (χ1n) is 9.31. The topological polar surface area (TPSA) is 50.4 Å². The summed E-state index contributed by atoms with van der Waals surface area (Å²) in [4.78, 5) is 0. The quantitative estimate of drug-likeness (QED) is 0.807. The second kappa shape index (κ2) is 4.65. The largest absolute Gasteiger partial charge is 0.386 e. The van der Waals surface area contributed by atoms with Crippen LogP contribution in [0.15, 0.2) is 42.6 Å². The number of hydrogen-bond donors (Lipinski definition) is 1. The number of pyridine rings is 1. The highest BCUT2D eigenvalue weighted by Gasteiger charge is 2.49. The van der Waals surface area contributed by atoms with Gasteiger partial charge in [0, 0.05) is 15.9 Å². The average molecular weight is 310 g/mol. The van der Waals surface area contributed by atoms with E-state index in [1.165, 1.54) is 18.1 Å². The van der Waals surface area contributed by atoms with Crippen LogP contribution in [0.5, 0.6) is 0 Å². The Balaban J connectivity index is 1.87. The van der Waals surface area contributed by atoms with E-state index in [0.29, 0.717) is 5.65 Å². The smallest absolute Gasteiger partial charge is 0.166 e. The van der Waals surface area contributed by atoms with Crippen LogP contribution in [-0.4, -0.2) is 19.7 Å². The SMILES string of the molecule is [2H]C([2H])([2H])C(C)(O)c1cccn2c(C3(c4ccc(C)cc4)CC3)nnc12. The molecule has 1 unspecified atom stereocenters. The summed E-state index contributed by atoms with van der Waals surface area (Å²) in [6.45, 7) is 0.796. The number of aromatic nitrogens is 3. The van der Waals surface area contributed by atoms with E-state index in [0.717, 1.165) is 18.7 Å². The van der Waals surface area contributed by atoms with Crippen LogP contribution in [-0.2, 0) is 11.0 Å². The summed E-state index contributed by atoms with van der Waals surface area (Å²) in [5.41, 5.74) is 0.843. The molecule has 1 atom stereocenters. The summed E-state index contributed by atoms with van der Waals surface area (Å²) >= 11 is 0. The molecule has 1 aliphatic rings. The minimum Gasteiger partial charge on any atom is -0.386 e. The third kappa shape index (κ3) is 2.17. The Hall–Kier alpha value is -2.20. The zero-order chi connectivity index (χ0) is 18.7. The Bertz CT molecular complexity index is 970. The molecule has 0 amide bonds. The monoisotopic (exact) mass is 310 g/mol. The van der Waals surface area contributed by atoms with E-state index in [-0.39, 0.29) is 11.0 Å². The lowest BCUT2D eigenvalue weighted by Crippen LogP contribution is -2.18. The van der Waals surface area contributed by atoms with E-state index < -0.39 is 12.5 Å². The first-order chi connectivity index (χ1) is 12.2. The number of aliphatic hydroxyl groups is 1. The molecule has 1 saturated carbocycles. The van der Waals surface area contributed by atoms with Crippen LogP contribution in [0.4, 0.5) is 0 Å². The lowest BCUT2D eigenvalue weighted by atomic mass is 9.94. The van der Waals surface area contributed by atoms with E-state index in [1.807, 2.05) is 10.6 Å². The minimum absolute atomic E-state index is 0.197. The average Bonchev–Trinajstić information content (AvgIpc) is 3.26. The van der Waals surface area contributed by atoms with Crippen molar-refractivity contribution in [2.24, 2.45) is 0 Å². The van der Waals surface area contributed by atoms with Gasteiger partial charge in [-0.1, -0.05) is 35.9 Å². The molecule has 1 aliphatic carbocycles. The van der Waals surface area contributed by atoms with E-state index in [9.17, 15) is 5.11 Å². The van der Waals surface area contributed by atoms with Crippen molar-refractivity contribution in [2.45, 2.75) is 44.6 Å². The highest BCUT2D eigenvalue weighted by Crippen LogP contribution is 2.52. The van der Waals surface area contributed by atoms with Gasteiger partial charge in [-0.2, -0.15) is 0 Å². The third-order valence-corrected chi connectivity index (χ3v) is 4.74. The molecule has 1 N–H and O–H groups in total. The maximum atomic E-state index is 10.7. The molecule has 0 bridgehead atoms. The van der Waals surface area contributed by atoms with E-state index in [1.54, 1.807) is 12.1 Å². The van der Waals surface area contributed by atoms with Crippen LogP contribution in [0, 0.1) is 6.92 Å². The summed E-state index contributed by atoms with van der Waals surface area (Å²) in [7, 11) is 0. The molecule has 23 heavy (non-hydrogen) atoms. The summed E-state index contributed by atoms with van der Waals surface area (Å²) in [5, 5.41) is 19.3. The number of hydrogen-bond acceptors (Lipinski definition) is 3. The molecule has 1 aromatic carbocycles. The number of aryl methyl sites for hydroxylation is 1. The first-order valence-corrected chi connectivity index (χ1v) is 7.81. The van der Waals surface area contributed by atoms with Gasteiger partial charge in [0.25, 0.3) is 0 Å². The van der Waals surface area contributed by atoms with Gasteiger partial charge in [-0.15, -0.1) is 10.2 Å². The summed E-state index contributed by atoms with van der Waals surface area (Å²) < 4.78 is 24.8. The fourth-order valence-corrected chi connectivity index (χ4v) is 3.26. The molecule has 118 valence electrons. The predicted octanol–water partition coefficient (Wildman–Crippen LogP) is 3.35. The number of fused-ring (bicyclic) bond motifs is 1. The predicted molar refractivity (Wildman–Crippen MR) is 89.4 cm³/mol. The maximum Gasteiger partial charge on any atom is 0.166 e. The standard InChI is InChI=1S/C19H21N3O/c1-13-6-8-14(9-7-13)19(10-11-19)17-21-20-16-15(18(2,3)23)5-4-12-22(16)17/h4-9,12,23H,10-11H2,1-3H3/i2D3. The fraction of sp³-hybridized carbons (Fsp3) is 0.368. The molecule has 4 rings (SSSR count). The van der Waals surface area contributed by atoms with Crippen LogP contribution >= 0.6 is 0 Å². The zero-order valence-electron chi connectivity index (χ0n) is 16.2.